The summed E-state index contributed by atoms with van der Waals surface area (Å²) in [4.78, 5) is 35.1. The smallest absolute Gasteiger partial charge is 0.255 e. The Balaban J connectivity index is 1.56. The van der Waals surface area contributed by atoms with Gasteiger partial charge < -0.3 is 9.80 Å². The lowest BCUT2D eigenvalue weighted by atomic mass is 9.93. The topological polar surface area (TPSA) is 74.6 Å². The second kappa shape index (κ2) is 6.21. The Morgan fingerprint density at radius 2 is 2.08 bits per heavy atom. The molecule has 0 radical (unpaired) electrons. The van der Waals surface area contributed by atoms with Gasteiger partial charge in [-0.25, -0.2) is 0 Å². The molecule has 8 nitrogen and oxygen atoms in total. The van der Waals surface area contributed by atoms with Gasteiger partial charge in [0.1, 0.15) is 0 Å². The number of rotatable bonds is 2. The van der Waals surface area contributed by atoms with Crippen molar-refractivity contribution in [2.75, 3.05) is 38.1 Å². The molecule has 2 fully saturated rings. The van der Waals surface area contributed by atoms with Gasteiger partial charge in [0.25, 0.3) is 5.91 Å². The van der Waals surface area contributed by atoms with Crippen molar-refractivity contribution in [1.82, 2.24) is 24.6 Å². The van der Waals surface area contributed by atoms with Crippen molar-refractivity contribution in [3.63, 3.8) is 0 Å². The summed E-state index contributed by atoms with van der Waals surface area (Å²) in [6.07, 6.45) is 7.66. The van der Waals surface area contributed by atoms with Crippen LogP contribution in [-0.2, 0) is 11.8 Å². The van der Waals surface area contributed by atoms with E-state index >= 15 is 0 Å². The van der Waals surface area contributed by atoms with Crippen LogP contribution in [0.2, 0.25) is 0 Å². The number of carbonyl (C=O) groups excluding carboxylic acids is 2. The zero-order chi connectivity index (χ0) is 18.3. The fraction of sp³-hybridized carbons (Fsp3) is 0.444. The monoisotopic (exact) mass is 354 g/mol. The normalized spacial score (nSPS) is 23.8. The quantitative estimate of drug-likeness (QED) is 0.779. The van der Waals surface area contributed by atoms with Crippen LogP contribution in [0, 0.1) is 0 Å². The largest absolute Gasteiger partial charge is 0.337 e. The lowest BCUT2D eigenvalue weighted by Crippen LogP contribution is -2.64. The maximum atomic E-state index is 12.8. The number of carbonyl (C=O) groups is 2. The van der Waals surface area contributed by atoms with Gasteiger partial charge in [0.05, 0.1) is 29.5 Å². The van der Waals surface area contributed by atoms with Crippen molar-refractivity contribution in [3.05, 3.63) is 42.5 Å². The van der Waals surface area contributed by atoms with Crippen LogP contribution in [0.15, 0.2) is 36.9 Å². The Hall–Kier alpha value is -2.74. The van der Waals surface area contributed by atoms with Crippen molar-refractivity contribution < 1.29 is 9.59 Å². The summed E-state index contributed by atoms with van der Waals surface area (Å²) in [5.41, 5.74) is 1.17. The first-order chi connectivity index (χ1) is 12.5. The number of hydrogen-bond donors (Lipinski definition) is 0. The van der Waals surface area contributed by atoms with Gasteiger partial charge in [-0.15, -0.1) is 0 Å². The van der Waals surface area contributed by atoms with Crippen LogP contribution in [0.3, 0.4) is 0 Å². The van der Waals surface area contributed by atoms with E-state index in [0.29, 0.717) is 31.7 Å². The molecule has 0 bridgehead atoms. The summed E-state index contributed by atoms with van der Waals surface area (Å²) in [6, 6.07) is 3.56. The molecular formula is C18H22N6O2. The van der Waals surface area contributed by atoms with Gasteiger partial charge in [-0.1, -0.05) is 0 Å². The number of aromatic nitrogens is 3. The number of amides is 2. The summed E-state index contributed by atoms with van der Waals surface area (Å²) < 4.78 is 1.69. The summed E-state index contributed by atoms with van der Waals surface area (Å²) in [5, 5.41) is 4.18. The minimum atomic E-state index is -0.235. The van der Waals surface area contributed by atoms with E-state index in [0.717, 1.165) is 12.1 Å². The zero-order valence-corrected chi connectivity index (χ0v) is 15.0. The van der Waals surface area contributed by atoms with E-state index in [2.05, 4.69) is 15.0 Å². The van der Waals surface area contributed by atoms with Crippen molar-refractivity contribution in [3.8, 4) is 0 Å². The number of piperazine rings is 1. The standard InChI is InChI=1S/C18H22N6O2/c1-21-11-16(25)24(15-9-20-22(2)10-15)13-18(21)5-7-23(12-18)17(26)14-4-3-6-19-8-14/h3-4,6,8-10H,5,7,11-13H2,1-2H3/t18-/m0/s1. The van der Waals surface area contributed by atoms with Gasteiger partial charge >= 0.3 is 0 Å². The van der Waals surface area contributed by atoms with Crippen LogP contribution in [0.5, 0.6) is 0 Å². The summed E-state index contributed by atoms with van der Waals surface area (Å²) in [7, 11) is 3.81. The van der Waals surface area contributed by atoms with Crippen molar-refractivity contribution in [1.29, 1.82) is 0 Å². The highest BCUT2D eigenvalue weighted by Gasteiger charge is 2.48. The molecule has 2 aliphatic heterocycles. The maximum absolute atomic E-state index is 12.8. The molecule has 8 heteroatoms. The number of anilines is 1. The Kier molecular flexibility index (Phi) is 3.99. The van der Waals surface area contributed by atoms with Crippen molar-refractivity contribution >= 4 is 17.5 Å². The Bertz CT molecular complexity index is 835. The van der Waals surface area contributed by atoms with Gasteiger partial charge in [0.15, 0.2) is 0 Å². The molecule has 0 unspecified atom stereocenters. The zero-order valence-electron chi connectivity index (χ0n) is 15.0. The van der Waals surface area contributed by atoms with Crippen molar-refractivity contribution in [2.24, 2.45) is 7.05 Å². The lowest BCUT2D eigenvalue weighted by Gasteiger charge is -2.46. The third-order valence-corrected chi connectivity index (χ3v) is 5.47. The average Bonchev–Trinajstić information content (AvgIpc) is 3.26. The highest BCUT2D eigenvalue weighted by atomic mass is 16.2. The molecule has 26 heavy (non-hydrogen) atoms. The van der Waals surface area contributed by atoms with E-state index in [1.54, 1.807) is 40.3 Å². The minimum absolute atomic E-state index is 0.00629. The molecule has 2 aliphatic rings. The molecule has 0 N–H and O–H groups in total. The molecule has 1 atom stereocenters. The lowest BCUT2D eigenvalue weighted by molar-refractivity contribution is -0.123. The first-order valence-corrected chi connectivity index (χ1v) is 8.68. The van der Waals surface area contributed by atoms with Gasteiger partial charge in [0, 0.05) is 45.3 Å². The molecule has 2 aromatic rings. The molecule has 2 aromatic heterocycles. The van der Waals surface area contributed by atoms with Crippen LogP contribution in [0.4, 0.5) is 5.69 Å². The molecule has 0 aliphatic carbocycles. The third-order valence-electron chi connectivity index (χ3n) is 5.47. The molecule has 1 spiro atoms. The second-order valence-corrected chi connectivity index (χ2v) is 7.15. The van der Waals surface area contributed by atoms with Gasteiger partial charge in [-0.05, 0) is 25.6 Å². The molecular weight excluding hydrogens is 332 g/mol. The molecule has 2 amide bonds. The minimum Gasteiger partial charge on any atom is -0.337 e. The van der Waals surface area contributed by atoms with Crippen LogP contribution < -0.4 is 4.90 Å². The van der Waals surface area contributed by atoms with Gasteiger partial charge in [-0.2, -0.15) is 5.10 Å². The van der Waals surface area contributed by atoms with Crippen LogP contribution in [0.1, 0.15) is 16.8 Å². The van der Waals surface area contributed by atoms with E-state index in [4.69, 9.17) is 0 Å². The summed E-state index contributed by atoms with van der Waals surface area (Å²) in [5.74, 6) is 0.0522. The average molecular weight is 354 g/mol. The fourth-order valence-corrected chi connectivity index (χ4v) is 3.88. The number of aryl methyl sites for hydroxylation is 1. The van der Waals surface area contributed by atoms with E-state index in [1.807, 2.05) is 25.2 Å². The van der Waals surface area contributed by atoms with E-state index in [-0.39, 0.29) is 17.4 Å². The third kappa shape index (κ3) is 2.76. The highest BCUT2D eigenvalue weighted by molar-refractivity contribution is 5.96. The second-order valence-electron chi connectivity index (χ2n) is 7.15. The van der Waals surface area contributed by atoms with Crippen LogP contribution in [-0.4, -0.2) is 75.1 Å². The molecule has 4 heterocycles. The number of likely N-dealkylation sites (tertiary alicyclic amines) is 1. The van der Waals surface area contributed by atoms with E-state index in [9.17, 15) is 9.59 Å². The van der Waals surface area contributed by atoms with Crippen molar-refractivity contribution in [2.45, 2.75) is 12.0 Å². The molecule has 0 aromatic carbocycles. The Morgan fingerprint density at radius 3 is 2.77 bits per heavy atom. The van der Waals surface area contributed by atoms with Gasteiger partial charge in [0.2, 0.25) is 5.91 Å². The predicted octanol–water partition coefficient (Wildman–Crippen LogP) is 0.378. The van der Waals surface area contributed by atoms with E-state index < -0.39 is 0 Å². The number of nitrogens with zero attached hydrogens (tertiary/aromatic N) is 6. The summed E-state index contributed by atoms with van der Waals surface area (Å²) >= 11 is 0. The van der Waals surface area contributed by atoms with Crippen LogP contribution >= 0.6 is 0 Å². The maximum Gasteiger partial charge on any atom is 0.255 e. The number of pyridine rings is 1. The van der Waals surface area contributed by atoms with Crippen LogP contribution in [0.25, 0.3) is 0 Å². The van der Waals surface area contributed by atoms with Gasteiger partial charge in [-0.3, -0.25) is 24.2 Å². The first-order valence-electron chi connectivity index (χ1n) is 8.68. The fourth-order valence-electron chi connectivity index (χ4n) is 3.88. The molecule has 4 rings (SSSR count). The first kappa shape index (κ1) is 16.7. The molecule has 2 saturated heterocycles. The Labute approximate surface area is 152 Å². The SMILES string of the molecule is CN1CC(=O)N(c2cnn(C)c2)C[C@@]12CCN(C(=O)c1cccnc1)C2. The molecule has 136 valence electrons. The van der Waals surface area contributed by atoms with E-state index in [1.165, 1.54) is 0 Å². The Morgan fingerprint density at radius 1 is 1.23 bits per heavy atom. The number of likely N-dealkylation sites (N-methyl/N-ethyl adjacent to an activating group) is 1. The highest BCUT2D eigenvalue weighted by Crippen LogP contribution is 2.33. The number of hydrogen-bond acceptors (Lipinski definition) is 5. The predicted molar refractivity (Wildman–Crippen MR) is 95.7 cm³/mol. The summed E-state index contributed by atoms with van der Waals surface area (Å²) in [6.45, 7) is 2.17. The molecule has 0 saturated carbocycles.